The number of halogens is 2. The number of hydrogen-bond acceptors (Lipinski definition) is 4. The average molecular weight is 344 g/mol. The van der Waals surface area contributed by atoms with Crippen molar-refractivity contribution in [2.75, 3.05) is 24.7 Å². The summed E-state index contributed by atoms with van der Waals surface area (Å²) in [6.45, 7) is 0.922. The first kappa shape index (κ1) is 17.3. The first-order valence-corrected chi connectivity index (χ1v) is 8.06. The molecular weight excluding hydrogens is 326 g/mol. The van der Waals surface area contributed by atoms with Crippen molar-refractivity contribution in [3.63, 3.8) is 0 Å². The number of aliphatic hydroxyl groups is 1. The van der Waals surface area contributed by atoms with Gasteiger partial charge in [0.2, 0.25) is 0 Å². The van der Waals surface area contributed by atoms with Gasteiger partial charge in [-0.2, -0.15) is 5.26 Å². The number of aliphatic hydroxyl groups excluding tert-OH is 1. The van der Waals surface area contributed by atoms with Gasteiger partial charge >= 0.3 is 0 Å². The number of rotatable bonds is 4. The number of anilines is 1. The van der Waals surface area contributed by atoms with Crippen molar-refractivity contribution in [3.8, 4) is 6.07 Å². The molecule has 1 fully saturated rings. The molecule has 1 N–H and O–H groups in total. The minimum Gasteiger partial charge on any atom is -0.388 e. The fourth-order valence-electron chi connectivity index (χ4n) is 3.12. The average Bonchev–Trinajstić information content (AvgIpc) is 2.63. The number of hydrogen-bond donors (Lipinski definition) is 1. The molecule has 0 amide bonds. The van der Waals surface area contributed by atoms with Gasteiger partial charge in [-0.3, -0.25) is 0 Å². The van der Waals surface area contributed by atoms with Crippen LogP contribution in [0.1, 0.15) is 23.7 Å². The first-order chi connectivity index (χ1) is 12.1. The standard InChI is InChI=1S/C19H18F2N2O2/c20-16-8-13(11-22)9-17(21)19(16)23-6-7-25-12-15(23)10-18(24)14-4-2-1-3-5-14/h1-5,8-9,15,18,24H,6-7,10,12H2/t15-,18+/m0/s1. The first-order valence-electron chi connectivity index (χ1n) is 8.06. The van der Waals surface area contributed by atoms with Crippen LogP contribution >= 0.6 is 0 Å². The third-order valence-corrected chi connectivity index (χ3v) is 4.34. The van der Waals surface area contributed by atoms with E-state index in [0.29, 0.717) is 13.2 Å². The van der Waals surface area contributed by atoms with Gasteiger partial charge < -0.3 is 14.7 Å². The molecule has 0 aromatic heterocycles. The molecule has 1 saturated heterocycles. The molecule has 1 heterocycles. The molecule has 0 saturated carbocycles. The second-order valence-electron chi connectivity index (χ2n) is 5.98. The summed E-state index contributed by atoms with van der Waals surface area (Å²) in [5, 5.41) is 19.3. The van der Waals surface area contributed by atoms with Gasteiger partial charge in [-0.25, -0.2) is 8.78 Å². The van der Waals surface area contributed by atoms with Gasteiger partial charge in [-0.1, -0.05) is 30.3 Å². The van der Waals surface area contributed by atoms with Crippen LogP contribution in [-0.4, -0.2) is 30.9 Å². The zero-order valence-electron chi connectivity index (χ0n) is 13.5. The maximum absolute atomic E-state index is 14.4. The molecule has 1 aliphatic heterocycles. The molecule has 3 rings (SSSR count). The van der Waals surface area contributed by atoms with Crippen molar-refractivity contribution >= 4 is 5.69 Å². The third-order valence-electron chi connectivity index (χ3n) is 4.34. The van der Waals surface area contributed by atoms with E-state index >= 15 is 0 Å². The van der Waals surface area contributed by atoms with Crippen LogP contribution in [0.15, 0.2) is 42.5 Å². The molecule has 0 spiro atoms. The number of nitrogens with zero attached hydrogens (tertiary/aromatic N) is 2. The molecule has 130 valence electrons. The number of benzene rings is 2. The van der Waals surface area contributed by atoms with Gasteiger partial charge in [-0.05, 0) is 17.7 Å². The molecule has 1 aliphatic rings. The molecule has 2 aromatic carbocycles. The molecule has 6 heteroatoms. The van der Waals surface area contributed by atoms with E-state index in [1.807, 2.05) is 30.3 Å². The van der Waals surface area contributed by atoms with Crippen LogP contribution < -0.4 is 4.90 Å². The Balaban J connectivity index is 1.86. The van der Waals surface area contributed by atoms with Crippen LogP contribution in [-0.2, 0) is 4.74 Å². The highest BCUT2D eigenvalue weighted by atomic mass is 19.1. The molecule has 2 atom stereocenters. The van der Waals surface area contributed by atoms with Gasteiger partial charge in [0.15, 0.2) is 11.6 Å². The summed E-state index contributed by atoms with van der Waals surface area (Å²) in [5.41, 5.74) is 0.509. The van der Waals surface area contributed by atoms with Gasteiger partial charge in [0, 0.05) is 13.0 Å². The zero-order valence-corrected chi connectivity index (χ0v) is 13.5. The van der Waals surface area contributed by atoms with Crippen LogP contribution in [0.25, 0.3) is 0 Å². The zero-order chi connectivity index (χ0) is 17.8. The molecule has 0 radical (unpaired) electrons. The maximum atomic E-state index is 14.4. The Morgan fingerprint density at radius 3 is 2.56 bits per heavy atom. The predicted octanol–water partition coefficient (Wildman–Crippen LogP) is 3.17. The molecule has 0 aliphatic carbocycles. The second kappa shape index (κ2) is 7.60. The van der Waals surface area contributed by atoms with Crippen LogP contribution in [0.5, 0.6) is 0 Å². The molecular formula is C19H18F2N2O2. The van der Waals surface area contributed by atoms with E-state index in [1.165, 1.54) is 0 Å². The summed E-state index contributed by atoms with van der Waals surface area (Å²) in [7, 11) is 0. The maximum Gasteiger partial charge on any atom is 0.150 e. The van der Waals surface area contributed by atoms with E-state index in [1.54, 1.807) is 11.0 Å². The van der Waals surface area contributed by atoms with Gasteiger partial charge in [0.25, 0.3) is 0 Å². The molecule has 0 unspecified atom stereocenters. The normalized spacial score (nSPS) is 18.6. The third kappa shape index (κ3) is 3.78. The van der Waals surface area contributed by atoms with Crippen molar-refractivity contribution in [2.24, 2.45) is 0 Å². The Kier molecular flexibility index (Phi) is 5.27. The highest BCUT2D eigenvalue weighted by molar-refractivity contribution is 5.53. The lowest BCUT2D eigenvalue weighted by Gasteiger charge is -2.38. The lowest BCUT2D eigenvalue weighted by atomic mass is 10.00. The fourth-order valence-corrected chi connectivity index (χ4v) is 3.12. The van der Waals surface area contributed by atoms with Gasteiger partial charge in [-0.15, -0.1) is 0 Å². The lowest BCUT2D eigenvalue weighted by molar-refractivity contribution is 0.0673. The summed E-state index contributed by atoms with van der Waals surface area (Å²) in [5.74, 6) is -1.56. The van der Waals surface area contributed by atoms with Crippen molar-refractivity contribution in [3.05, 3.63) is 65.2 Å². The van der Waals surface area contributed by atoms with E-state index in [2.05, 4.69) is 0 Å². The van der Waals surface area contributed by atoms with E-state index in [9.17, 15) is 13.9 Å². The predicted molar refractivity (Wildman–Crippen MR) is 89.0 cm³/mol. The Morgan fingerprint density at radius 2 is 1.92 bits per heavy atom. The molecule has 2 aromatic rings. The van der Waals surface area contributed by atoms with E-state index in [0.717, 1.165) is 17.7 Å². The van der Waals surface area contributed by atoms with Crippen molar-refractivity contribution in [1.82, 2.24) is 0 Å². The summed E-state index contributed by atoms with van der Waals surface area (Å²) in [6, 6.07) is 12.5. The number of ether oxygens (including phenoxy) is 1. The summed E-state index contributed by atoms with van der Waals surface area (Å²) < 4.78 is 34.2. The molecule has 25 heavy (non-hydrogen) atoms. The summed E-state index contributed by atoms with van der Waals surface area (Å²) in [6.07, 6.45) is -0.483. The minimum absolute atomic E-state index is 0.0621. The second-order valence-corrected chi connectivity index (χ2v) is 5.98. The Morgan fingerprint density at radius 1 is 1.24 bits per heavy atom. The number of morpholine rings is 1. The van der Waals surface area contributed by atoms with Gasteiger partial charge in [0.05, 0.1) is 37.0 Å². The van der Waals surface area contributed by atoms with E-state index < -0.39 is 17.7 Å². The van der Waals surface area contributed by atoms with Crippen molar-refractivity contribution in [2.45, 2.75) is 18.6 Å². The van der Waals surface area contributed by atoms with E-state index in [4.69, 9.17) is 10.00 Å². The fraction of sp³-hybridized carbons (Fsp3) is 0.316. The van der Waals surface area contributed by atoms with E-state index in [-0.39, 0.29) is 30.3 Å². The van der Waals surface area contributed by atoms with Crippen molar-refractivity contribution in [1.29, 1.82) is 5.26 Å². The monoisotopic (exact) mass is 344 g/mol. The highest BCUT2D eigenvalue weighted by Crippen LogP contribution is 2.31. The van der Waals surface area contributed by atoms with Crippen LogP contribution in [0.4, 0.5) is 14.5 Å². The lowest BCUT2D eigenvalue weighted by Crippen LogP contribution is -2.47. The Labute approximate surface area is 144 Å². The minimum atomic E-state index is -0.780. The van der Waals surface area contributed by atoms with Gasteiger partial charge in [0.1, 0.15) is 5.69 Å². The van der Waals surface area contributed by atoms with Crippen LogP contribution in [0.3, 0.4) is 0 Å². The summed E-state index contributed by atoms with van der Waals surface area (Å²) in [4.78, 5) is 1.58. The van der Waals surface area contributed by atoms with Crippen molar-refractivity contribution < 1.29 is 18.6 Å². The quantitative estimate of drug-likeness (QED) is 0.926. The SMILES string of the molecule is N#Cc1cc(F)c(N2CCOC[C@@H]2C[C@@H](O)c2ccccc2)c(F)c1. The Hall–Kier alpha value is -2.49. The van der Waals surface area contributed by atoms with Crippen LogP contribution in [0.2, 0.25) is 0 Å². The highest BCUT2D eigenvalue weighted by Gasteiger charge is 2.30. The Bertz CT molecular complexity index is 754. The largest absolute Gasteiger partial charge is 0.388 e. The molecule has 0 bridgehead atoms. The molecule has 4 nitrogen and oxygen atoms in total. The smallest absolute Gasteiger partial charge is 0.150 e. The summed E-state index contributed by atoms with van der Waals surface area (Å²) >= 11 is 0. The topological polar surface area (TPSA) is 56.5 Å². The number of nitriles is 1. The van der Waals surface area contributed by atoms with Crippen LogP contribution in [0, 0.1) is 23.0 Å².